The van der Waals surface area contributed by atoms with Crippen LogP contribution in [0.3, 0.4) is 0 Å². The molecular formula is C19H27N3O2S. The Hall–Kier alpha value is -1.82. The minimum absolute atomic E-state index is 0.167. The number of amides is 1. The van der Waals surface area contributed by atoms with Gasteiger partial charge in [-0.15, -0.1) is 0 Å². The quantitative estimate of drug-likeness (QED) is 0.806. The largest absolute Gasteiger partial charge is 0.444 e. The van der Waals surface area contributed by atoms with E-state index in [2.05, 4.69) is 18.0 Å². The molecule has 0 saturated carbocycles. The molecule has 1 atom stereocenters. The lowest BCUT2D eigenvalue weighted by molar-refractivity contribution is 0.0108. The van der Waals surface area contributed by atoms with E-state index >= 15 is 0 Å². The minimum atomic E-state index is -0.460. The van der Waals surface area contributed by atoms with Crippen LogP contribution in [0.25, 0.3) is 10.2 Å². The van der Waals surface area contributed by atoms with Crippen molar-refractivity contribution >= 4 is 32.8 Å². The van der Waals surface area contributed by atoms with E-state index in [-0.39, 0.29) is 12.1 Å². The monoisotopic (exact) mass is 361 g/mol. The number of likely N-dealkylation sites (tertiary alicyclic amines) is 1. The molecule has 2 heterocycles. The van der Waals surface area contributed by atoms with E-state index < -0.39 is 5.60 Å². The Kier molecular flexibility index (Phi) is 5.18. The summed E-state index contributed by atoms with van der Waals surface area (Å²) in [4.78, 5) is 21.3. The Morgan fingerprint density at radius 1 is 1.36 bits per heavy atom. The van der Waals surface area contributed by atoms with E-state index in [1.807, 2.05) is 43.9 Å². The average Bonchev–Trinajstić information content (AvgIpc) is 2.98. The van der Waals surface area contributed by atoms with Gasteiger partial charge in [-0.3, -0.25) is 0 Å². The first kappa shape index (κ1) is 18.0. The van der Waals surface area contributed by atoms with Gasteiger partial charge in [0.2, 0.25) is 0 Å². The first-order chi connectivity index (χ1) is 11.8. The number of aromatic nitrogens is 1. The first-order valence-electron chi connectivity index (χ1n) is 8.90. The fraction of sp³-hybridized carbons (Fsp3) is 0.579. The van der Waals surface area contributed by atoms with Gasteiger partial charge in [-0.2, -0.15) is 0 Å². The van der Waals surface area contributed by atoms with Crippen molar-refractivity contribution < 1.29 is 9.53 Å². The zero-order valence-electron chi connectivity index (χ0n) is 15.5. The summed E-state index contributed by atoms with van der Waals surface area (Å²) in [5.74, 6) is 0. The number of anilines is 1. The van der Waals surface area contributed by atoms with Gasteiger partial charge in [0.15, 0.2) is 5.13 Å². The topological polar surface area (TPSA) is 45.7 Å². The number of ether oxygens (including phenoxy) is 1. The van der Waals surface area contributed by atoms with Gasteiger partial charge in [0.1, 0.15) is 5.60 Å². The highest BCUT2D eigenvalue weighted by Crippen LogP contribution is 2.29. The molecule has 6 heteroatoms. The molecule has 1 unspecified atom stereocenters. The molecule has 0 spiro atoms. The number of para-hydroxylation sites is 1. The fourth-order valence-electron chi connectivity index (χ4n) is 3.17. The van der Waals surface area contributed by atoms with Gasteiger partial charge >= 0.3 is 6.09 Å². The van der Waals surface area contributed by atoms with Crippen molar-refractivity contribution in [3.63, 3.8) is 0 Å². The van der Waals surface area contributed by atoms with E-state index in [1.54, 1.807) is 11.3 Å². The molecule has 1 saturated heterocycles. The van der Waals surface area contributed by atoms with Crippen LogP contribution in [0.1, 0.15) is 40.0 Å². The number of nitrogens with zero attached hydrogens (tertiary/aromatic N) is 3. The second kappa shape index (κ2) is 7.20. The van der Waals surface area contributed by atoms with Crippen LogP contribution in [0.2, 0.25) is 0 Å². The van der Waals surface area contributed by atoms with Crippen molar-refractivity contribution in [2.75, 3.05) is 25.0 Å². The molecule has 0 aliphatic carbocycles. The third kappa shape index (κ3) is 4.42. The molecule has 0 radical (unpaired) electrons. The van der Waals surface area contributed by atoms with Gasteiger partial charge in [-0.25, -0.2) is 9.78 Å². The van der Waals surface area contributed by atoms with E-state index in [9.17, 15) is 4.79 Å². The summed E-state index contributed by atoms with van der Waals surface area (Å²) in [6, 6.07) is 8.35. The molecule has 0 N–H and O–H groups in total. The lowest BCUT2D eigenvalue weighted by Gasteiger charge is -2.38. The first-order valence-corrected chi connectivity index (χ1v) is 9.71. The van der Waals surface area contributed by atoms with E-state index in [0.717, 1.165) is 43.0 Å². The Balaban J connectivity index is 1.71. The summed E-state index contributed by atoms with van der Waals surface area (Å²) >= 11 is 1.69. The highest BCUT2D eigenvalue weighted by Gasteiger charge is 2.31. The molecule has 3 rings (SSSR count). The summed E-state index contributed by atoms with van der Waals surface area (Å²) in [6.45, 7) is 7.29. The number of fused-ring (bicyclic) bond motifs is 1. The van der Waals surface area contributed by atoms with Crippen molar-refractivity contribution in [3.05, 3.63) is 24.3 Å². The van der Waals surface area contributed by atoms with Crippen LogP contribution in [0.15, 0.2) is 24.3 Å². The summed E-state index contributed by atoms with van der Waals surface area (Å²) in [5.41, 5.74) is 0.569. The summed E-state index contributed by atoms with van der Waals surface area (Å²) < 4.78 is 6.79. The van der Waals surface area contributed by atoms with Gasteiger partial charge < -0.3 is 14.5 Å². The molecule has 136 valence electrons. The smallest absolute Gasteiger partial charge is 0.410 e. The molecule has 1 fully saturated rings. The predicted molar refractivity (Wildman–Crippen MR) is 103 cm³/mol. The Morgan fingerprint density at radius 2 is 2.12 bits per heavy atom. The van der Waals surface area contributed by atoms with Crippen LogP contribution in [-0.4, -0.2) is 47.8 Å². The molecule has 2 aromatic rings. The Labute approximate surface area is 153 Å². The molecule has 1 amide bonds. The zero-order chi connectivity index (χ0) is 18.0. The number of rotatable bonds is 3. The molecule has 0 bridgehead atoms. The molecular weight excluding hydrogens is 334 g/mol. The molecule has 25 heavy (non-hydrogen) atoms. The van der Waals surface area contributed by atoms with Crippen LogP contribution in [0.5, 0.6) is 0 Å². The van der Waals surface area contributed by atoms with Crippen molar-refractivity contribution in [3.8, 4) is 0 Å². The number of carbonyl (C=O) groups is 1. The highest BCUT2D eigenvalue weighted by molar-refractivity contribution is 7.22. The zero-order valence-corrected chi connectivity index (χ0v) is 16.3. The Morgan fingerprint density at radius 3 is 2.84 bits per heavy atom. The maximum Gasteiger partial charge on any atom is 0.410 e. The Bertz CT molecular complexity index is 705. The van der Waals surface area contributed by atoms with Gasteiger partial charge in [0, 0.05) is 20.1 Å². The van der Waals surface area contributed by atoms with Gasteiger partial charge in [-0.05, 0) is 52.2 Å². The number of piperidine rings is 1. The van der Waals surface area contributed by atoms with Crippen LogP contribution in [-0.2, 0) is 4.74 Å². The van der Waals surface area contributed by atoms with Crippen LogP contribution >= 0.6 is 11.3 Å². The highest BCUT2D eigenvalue weighted by atomic mass is 32.1. The lowest BCUT2D eigenvalue weighted by Crippen LogP contribution is -2.50. The molecule has 1 aliphatic rings. The van der Waals surface area contributed by atoms with Crippen molar-refractivity contribution in [1.29, 1.82) is 0 Å². The van der Waals surface area contributed by atoms with Gasteiger partial charge in [0.25, 0.3) is 0 Å². The fourth-order valence-corrected chi connectivity index (χ4v) is 4.10. The van der Waals surface area contributed by atoms with Crippen molar-refractivity contribution in [2.45, 2.75) is 51.7 Å². The molecule has 5 nitrogen and oxygen atoms in total. The van der Waals surface area contributed by atoms with Crippen LogP contribution in [0.4, 0.5) is 9.93 Å². The normalized spacial score (nSPS) is 18.4. The van der Waals surface area contributed by atoms with Crippen LogP contribution in [0, 0.1) is 0 Å². The second-order valence-corrected chi connectivity index (χ2v) is 8.68. The number of benzene rings is 1. The number of thiazole rings is 1. The minimum Gasteiger partial charge on any atom is -0.444 e. The summed E-state index contributed by atoms with van der Waals surface area (Å²) in [6.07, 6.45) is 3.00. The standard InChI is InChI=1S/C19H27N3O2S/c1-19(2,3)24-18(23)22-12-8-7-9-14(22)13-21(4)17-20-15-10-5-6-11-16(15)25-17/h5-6,10-11,14H,7-9,12-13H2,1-4H3. The number of hydrogen-bond acceptors (Lipinski definition) is 5. The maximum absolute atomic E-state index is 12.6. The van der Waals surface area contributed by atoms with E-state index in [1.165, 1.54) is 4.70 Å². The maximum atomic E-state index is 12.6. The third-order valence-electron chi connectivity index (χ3n) is 4.35. The third-order valence-corrected chi connectivity index (χ3v) is 5.50. The number of hydrogen-bond donors (Lipinski definition) is 0. The second-order valence-electron chi connectivity index (χ2n) is 7.67. The van der Waals surface area contributed by atoms with Crippen molar-refractivity contribution in [1.82, 2.24) is 9.88 Å². The SMILES string of the molecule is CN(CC1CCCCN1C(=O)OC(C)(C)C)c1nc2ccccc2s1. The number of likely N-dealkylation sites (N-methyl/N-ethyl adjacent to an activating group) is 1. The summed E-state index contributed by atoms with van der Waals surface area (Å²) in [7, 11) is 2.06. The predicted octanol–water partition coefficient (Wildman–Crippen LogP) is 4.52. The van der Waals surface area contributed by atoms with Crippen LogP contribution < -0.4 is 4.90 Å². The van der Waals surface area contributed by atoms with Gasteiger partial charge in [-0.1, -0.05) is 23.5 Å². The van der Waals surface area contributed by atoms with Gasteiger partial charge in [0.05, 0.1) is 16.3 Å². The van der Waals surface area contributed by atoms with Crippen molar-refractivity contribution in [2.24, 2.45) is 0 Å². The lowest BCUT2D eigenvalue weighted by atomic mass is 10.0. The van der Waals surface area contributed by atoms with E-state index in [4.69, 9.17) is 9.72 Å². The van der Waals surface area contributed by atoms with E-state index in [0.29, 0.717) is 0 Å². The summed E-state index contributed by atoms with van der Waals surface area (Å²) in [5, 5.41) is 0.996. The molecule has 1 aromatic carbocycles. The average molecular weight is 362 g/mol. The number of carbonyl (C=O) groups excluding carboxylic acids is 1. The molecule has 1 aromatic heterocycles. The molecule has 1 aliphatic heterocycles.